The number of anilines is 1. The molecule has 2 amide bonds. The van der Waals surface area contributed by atoms with Crippen molar-refractivity contribution >= 4 is 27.5 Å². The number of benzene rings is 3. The molecule has 1 aliphatic rings. The van der Waals surface area contributed by atoms with E-state index in [9.17, 15) is 18.0 Å². The van der Waals surface area contributed by atoms with Gasteiger partial charge in [0.15, 0.2) is 11.5 Å². The molecule has 1 atom stereocenters. The fourth-order valence-electron chi connectivity index (χ4n) is 5.10. The first-order valence-electron chi connectivity index (χ1n) is 14.1. The molecule has 4 rings (SSSR count). The van der Waals surface area contributed by atoms with Gasteiger partial charge >= 0.3 is 0 Å². The van der Waals surface area contributed by atoms with Crippen LogP contribution in [0, 0.1) is 6.92 Å². The zero-order chi connectivity index (χ0) is 30.3. The van der Waals surface area contributed by atoms with Gasteiger partial charge in [-0.3, -0.25) is 13.9 Å². The highest BCUT2D eigenvalue weighted by atomic mass is 32.2. The minimum absolute atomic E-state index is 0.0600. The third-order valence-electron chi connectivity index (χ3n) is 7.61. The summed E-state index contributed by atoms with van der Waals surface area (Å²) in [6.07, 6.45) is 3.95. The van der Waals surface area contributed by atoms with Crippen LogP contribution < -0.4 is 19.1 Å². The van der Waals surface area contributed by atoms with Crippen molar-refractivity contribution in [2.75, 3.05) is 25.1 Å². The molecule has 10 heteroatoms. The van der Waals surface area contributed by atoms with Crippen LogP contribution in [0.15, 0.2) is 77.7 Å². The van der Waals surface area contributed by atoms with E-state index in [0.717, 1.165) is 41.1 Å². The van der Waals surface area contributed by atoms with Crippen LogP contribution in [0.2, 0.25) is 0 Å². The fraction of sp³-hybridized carbons (Fsp3) is 0.375. The lowest BCUT2D eigenvalue weighted by Crippen LogP contribution is -2.52. The largest absolute Gasteiger partial charge is 0.493 e. The van der Waals surface area contributed by atoms with Crippen LogP contribution in [-0.2, 0) is 26.2 Å². The minimum atomic E-state index is -4.24. The van der Waals surface area contributed by atoms with Gasteiger partial charge in [0.2, 0.25) is 11.8 Å². The lowest BCUT2D eigenvalue weighted by molar-refractivity contribution is -0.139. The van der Waals surface area contributed by atoms with Crippen molar-refractivity contribution in [3.8, 4) is 11.5 Å². The Kier molecular flexibility index (Phi) is 10.1. The van der Waals surface area contributed by atoms with Gasteiger partial charge in [-0.1, -0.05) is 60.9 Å². The molecule has 0 unspecified atom stereocenters. The maximum Gasteiger partial charge on any atom is 0.264 e. The number of nitrogens with zero attached hydrogens (tertiary/aromatic N) is 2. The molecule has 1 N–H and O–H groups in total. The normalized spacial score (nSPS) is 14.2. The standard InChI is InChI=1S/C32H39N3O6S/c1-23-14-16-27(17-15-23)35(42(38,39)28-18-19-29(40-3)30(20-28)41-4)22-31(36)34(21-25-10-6-5-7-11-25)24(2)32(37)33-26-12-8-9-13-26/h5-7,10-11,14-20,24,26H,8-9,12-13,21-22H2,1-4H3,(H,33,37)/t24-/m0/s1. The van der Waals surface area contributed by atoms with Gasteiger partial charge in [-0.15, -0.1) is 0 Å². The minimum Gasteiger partial charge on any atom is -0.493 e. The Morgan fingerprint density at radius 2 is 1.57 bits per heavy atom. The molecular formula is C32H39N3O6S. The predicted molar refractivity (Wildman–Crippen MR) is 162 cm³/mol. The Morgan fingerprint density at radius 3 is 2.19 bits per heavy atom. The summed E-state index contributed by atoms with van der Waals surface area (Å²) >= 11 is 0. The third kappa shape index (κ3) is 7.23. The number of hydrogen-bond acceptors (Lipinski definition) is 6. The molecule has 0 bridgehead atoms. The van der Waals surface area contributed by atoms with Gasteiger partial charge in [-0.25, -0.2) is 8.42 Å². The number of ether oxygens (including phenoxy) is 2. The number of nitrogens with one attached hydrogen (secondary N) is 1. The van der Waals surface area contributed by atoms with E-state index >= 15 is 0 Å². The van der Waals surface area contributed by atoms with E-state index in [1.807, 2.05) is 37.3 Å². The smallest absolute Gasteiger partial charge is 0.264 e. The van der Waals surface area contributed by atoms with E-state index in [2.05, 4.69) is 5.32 Å². The van der Waals surface area contributed by atoms with Crippen molar-refractivity contribution in [1.82, 2.24) is 10.2 Å². The summed E-state index contributed by atoms with van der Waals surface area (Å²) < 4.78 is 39.9. The quantitative estimate of drug-likeness (QED) is 0.327. The number of rotatable bonds is 12. The van der Waals surface area contributed by atoms with Gasteiger partial charge in [0.1, 0.15) is 12.6 Å². The zero-order valence-corrected chi connectivity index (χ0v) is 25.4. The summed E-state index contributed by atoms with van der Waals surface area (Å²) in [6, 6.07) is 19.8. The van der Waals surface area contributed by atoms with Crippen LogP contribution in [0.3, 0.4) is 0 Å². The van der Waals surface area contributed by atoms with Gasteiger partial charge in [0, 0.05) is 18.7 Å². The van der Waals surface area contributed by atoms with Crippen LogP contribution in [0.25, 0.3) is 0 Å². The monoisotopic (exact) mass is 593 g/mol. The van der Waals surface area contributed by atoms with Crippen LogP contribution >= 0.6 is 0 Å². The number of aryl methyl sites for hydroxylation is 1. The highest BCUT2D eigenvalue weighted by molar-refractivity contribution is 7.92. The Morgan fingerprint density at radius 1 is 0.929 bits per heavy atom. The Balaban J connectivity index is 1.70. The molecule has 0 aliphatic heterocycles. The van der Waals surface area contributed by atoms with Crippen LogP contribution in [0.1, 0.15) is 43.7 Å². The van der Waals surface area contributed by atoms with E-state index in [1.54, 1.807) is 31.2 Å². The highest BCUT2D eigenvalue weighted by Crippen LogP contribution is 2.32. The van der Waals surface area contributed by atoms with E-state index in [-0.39, 0.29) is 29.1 Å². The molecule has 0 aromatic heterocycles. The first kappa shape index (κ1) is 30.9. The van der Waals surface area contributed by atoms with Gasteiger partial charge in [0.05, 0.1) is 24.8 Å². The van der Waals surface area contributed by atoms with Crippen molar-refractivity contribution in [3.05, 3.63) is 83.9 Å². The Bertz CT molecular complexity index is 1470. The molecule has 224 valence electrons. The van der Waals surface area contributed by atoms with Crippen molar-refractivity contribution < 1.29 is 27.5 Å². The maximum atomic E-state index is 14.1. The SMILES string of the molecule is COc1ccc(S(=O)(=O)N(CC(=O)N(Cc2ccccc2)[C@@H](C)C(=O)NC2CCCC2)c2ccc(C)cc2)cc1OC. The number of methoxy groups -OCH3 is 2. The van der Waals surface area contributed by atoms with Crippen molar-refractivity contribution in [3.63, 3.8) is 0 Å². The molecule has 0 spiro atoms. The molecule has 9 nitrogen and oxygen atoms in total. The molecule has 1 saturated carbocycles. The zero-order valence-electron chi connectivity index (χ0n) is 24.6. The summed E-state index contributed by atoms with van der Waals surface area (Å²) in [5.41, 5.74) is 2.10. The van der Waals surface area contributed by atoms with E-state index in [4.69, 9.17) is 9.47 Å². The number of carbonyl (C=O) groups excluding carboxylic acids is 2. The predicted octanol–water partition coefficient (Wildman–Crippen LogP) is 4.68. The van der Waals surface area contributed by atoms with E-state index < -0.39 is 28.5 Å². The summed E-state index contributed by atoms with van der Waals surface area (Å²) in [5, 5.41) is 3.08. The average Bonchev–Trinajstić information content (AvgIpc) is 3.51. The summed E-state index contributed by atoms with van der Waals surface area (Å²) in [6.45, 7) is 3.23. The van der Waals surface area contributed by atoms with E-state index in [0.29, 0.717) is 11.4 Å². The van der Waals surface area contributed by atoms with Crippen molar-refractivity contribution in [2.24, 2.45) is 0 Å². The number of hydrogen-bond donors (Lipinski definition) is 1. The molecule has 3 aromatic rings. The van der Waals surface area contributed by atoms with Crippen LogP contribution in [-0.4, -0.2) is 58.0 Å². The Hall–Kier alpha value is -4.05. The van der Waals surface area contributed by atoms with Gasteiger partial charge in [-0.2, -0.15) is 0 Å². The van der Waals surface area contributed by atoms with Crippen LogP contribution in [0.4, 0.5) is 5.69 Å². The topological polar surface area (TPSA) is 105 Å². The molecular weight excluding hydrogens is 554 g/mol. The number of sulfonamides is 1. The second kappa shape index (κ2) is 13.7. The maximum absolute atomic E-state index is 14.1. The van der Waals surface area contributed by atoms with Gasteiger partial charge in [0.25, 0.3) is 10.0 Å². The van der Waals surface area contributed by atoms with E-state index in [1.165, 1.54) is 37.3 Å². The molecule has 0 radical (unpaired) electrons. The second-order valence-electron chi connectivity index (χ2n) is 10.5. The van der Waals surface area contributed by atoms with Gasteiger partial charge in [-0.05, 0) is 56.5 Å². The number of amides is 2. The van der Waals surface area contributed by atoms with Crippen LogP contribution in [0.5, 0.6) is 11.5 Å². The summed E-state index contributed by atoms with van der Waals surface area (Å²) in [4.78, 5) is 28.8. The fourth-order valence-corrected chi connectivity index (χ4v) is 6.53. The first-order valence-corrected chi connectivity index (χ1v) is 15.5. The van der Waals surface area contributed by atoms with Gasteiger partial charge < -0.3 is 19.7 Å². The number of carbonyl (C=O) groups is 2. The molecule has 1 aliphatic carbocycles. The summed E-state index contributed by atoms with van der Waals surface area (Å²) in [5.74, 6) is -0.129. The lowest BCUT2D eigenvalue weighted by Gasteiger charge is -2.32. The molecule has 42 heavy (non-hydrogen) atoms. The molecule has 1 fully saturated rings. The average molecular weight is 594 g/mol. The van der Waals surface area contributed by atoms with Crippen molar-refractivity contribution in [2.45, 2.75) is 63.1 Å². The Labute approximate surface area is 248 Å². The molecule has 3 aromatic carbocycles. The molecule has 0 heterocycles. The second-order valence-corrected chi connectivity index (χ2v) is 12.4. The first-order chi connectivity index (χ1) is 20.1. The lowest BCUT2D eigenvalue weighted by atomic mass is 10.1. The van der Waals surface area contributed by atoms with Crippen molar-refractivity contribution in [1.29, 1.82) is 0 Å². The third-order valence-corrected chi connectivity index (χ3v) is 9.38. The highest BCUT2D eigenvalue weighted by Gasteiger charge is 2.33. The summed E-state index contributed by atoms with van der Waals surface area (Å²) in [7, 11) is -1.35. The molecule has 0 saturated heterocycles.